The average molecular weight is 528 g/mol. The number of aryl methyl sites for hydroxylation is 1. The lowest BCUT2D eigenvalue weighted by Crippen LogP contribution is -2.32. The number of carbonyl (C=O) groups excluding carboxylic acids is 2. The number of imide groups is 1. The monoisotopic (exact) mass is 527 g/mol. The molecule has 0 saturated carbocycles. The fourth-order valence-corrected chi connectivity index (χ4v) is 4.57. The topological polar surface area (TPSA) is 65.1 Å². The number of hydrogen-bond acceptors (Lipinski definition) is 6. The van der Waals surface area contributed by atoms with Crippen molar-refractivity contribution in [3.63, 3.8) is 0 Å². The van der Waals surface area contributed by atoms with E-state index in [2.05, 4.69) is 0 Å². The number of nitrogens with zero attached hydrogens (tertiary/aromatic N) is 1. The number of carbonyl (C=O) groups is 2. The number of thioether (sulfide) groups is 1. The van der Waals surface area contributed by atoms with Gasteiger partial charge in [0.1, 0.15) is 24.8 Å². The molecule has 1 heterocycles. The summed E-state index contributed by atoms with van der Waals surface area (Å²) >= 11 is 6.95. The molecule has 1 aliphatic rings. The van der Waals surface area contributed by atoms with Gasteiger partial charge in [0, 0.05) is 11.1 Å². The Kier molecular flexibility index (Phi) is 8.18. The van der Waals surface area contributed by atoms with Crippen LogP contribution in [-0.4, -0.2) is 36.3 Å². The minimum absolute atomic E-state index is 0.114. The molecule has 0 radical (unpaired) electrons. The van der Waals surface area contributed by atoms with Crippen molar-refractivity contribution in [2.45, 2.75) is 13.5 Å². The van der Waals surface area contributed by atoms with Crippen LogP contribution in [0.3, 0.4) is 0 Å². The van der Waals surface area contributed by atoms with Gasteiger partial charge in [-0.2, -0.15) is 0 Å². The van der Waals surface area contributed by atoms with Crippen LogP contribution in [0.1, 0.15) is 16.7 Å². The van der Waals surface area contributed by atoms with Crippen LogP contribution in [0.15, 0.2) is 65.6 Å². The quantitative estimate of drug-likeness (QED) is 0.296. The molecule has 0 N–H and O–H groups in total. The molecule has 6 nitrogen and oxygen atoms in total. The molecule has 0 spiro atoms. The van der Waals surface area contributed by atoms with Gasteiger partial charge in [-0.05, 0) is 55.1 Å². The minimum Gasteiger partial charge on any atom is -0.493 e. The fraction of sp³-hybridized carbons (Fsp3) is 0.185. The Morgan fingerprint density at radius 3 is 2.50 bits per heavy atom. The van der Waals surface area contributed by atoms with Gasteiger partial charge in [-0.3, -0.25) is 14.5 Å². The minimum atomic E-state index is -0.493. The highest BCUT2D eigenvalue weighted by atomic mass is 35.5. The van der Waals surface area contributed by atoms with E-state index in [1.807, 2.05) is 31.2 Å². The highest BCUT2D eigenvalue weighted by molar-refractivity contribution is 8.18. The molecule has 1 fully saturated rings. The molecular formula is C27H23ClFNO5S. The summed E-state index contributed by atoms with van der Waals surface area (Å²) in [7, 11) is 1.48. The van der Waals surface area contributed by atoms with Gasteiger partial charge in [0.2, 0.25) is 0 Å². The van der Waals surface area contributed by atoms with Crippen LogP contribution in [0.25, 0.3) is 6.08 Å². The van der Waals surface area contributed by atoms with Crippen molar-refractivity contribution in [1.82, 2.24) is 4.90 Å². The second kappa shape index (κ2) is 11.5. The van der Waals surface area contributed by atoms with Crippen LogP contribution < -0.4 is 14.2 Å². The molecule has 0 atom stereocenters. The van der Waals surface area contributed by atoms with Crippen molar-refractivity contribution < 1.29 is 28.2 Å². The zero-order valence-electron chi connectivity index (χ0n) is 19.6. The van der Waals surface area contributed by atoms with Crippen LogP contribution in [0.5, 0.6) is 17.2 Å². The Balaban J connectivity index is 1.50. The highest BCUT2D eigenvalue weighted by Crippen LogP contribution is 2.38. The van der Waals surface area contributed by atoms with E-state index in [0.29, 0.717) is 22.8 Å². The number of halogens is 2. The maximum atomic E-state index is 14.2. The van der Waals surface area contributed by atoms with Crippen molar-refractivity contribution in [3.8, 4) is 17.2 Å². The molecule has 2 amide bonds. The summed E-state index contributed by atoms with van der Waals surface area (Å²) in [4.78, 5) is 26.9. The van der Waals surface area contributed by atoms with E-state index >= 15 is 0 Å². The van der Waals surface area contributed by atoms with Gasteiger partial charge in [-0.25, -0.2) is 4.39 Å². The zero-order chi connectivity index (χ0) is 25.7. The first kappa shape index (κ1) is 25.6. The van der Waals surface area contributed by atoms with Crippen LogP contribution in [-0.2, 0) is 11.4 Å². The van der Waals surface area contributed by atoms with E-state index in [9.17, 15) is 14.0 Å². The largest absolute Gasteiger partial charge is 0.493 e. The molecule has 1 aliphatic heterocycles. The summed E-state index contributed by atoms with van der Waals surface area (Å²) in [6.45, 7) is 2.11. The standard InChI is InChI=1S/C27H23ClFNO5S/c1-17-9-11-19(12-10-17)34-14-13-30-26(31)24(36-27(30)32)15-18-5-3-8-23(33-2)25(18)35-16-20-21(28)6-4-7-22(20)29/h3-12,15H,13-14,16H2,1-2H3/b24-15-. The van der Waals surface area contributed by atoms with Crippen molar-refractivity contribution in [2.75, 3.05) is 20.3 Å². The number of rotatable bonds is 9. The van der Waals surface area contributed by atoms with E-state index in [0.717, 1.165) is 22.2 Å². The summed E-state index contributed by atoms with van der Waals surface area (Å²) in [6.07, 6.45) is 1.56. The normalized spacial score (nSPS) is 14.4. The number of methoxy groups -OCH3 is 1. The molecule has 3 aromatic carbocycles. The number of hydrogen-bond donors (Lipinski definition) is 0. The molecule has 4 rings (SSSR count). The first-order chi connectivity index (χ1) is 17.4. The van der Waals surface area contributed by atoms with Crippen molar-refractivity contribution >= 4 is 40.6 Å². The smallest absolute Gasteiger partial charge is 0.293 e. The molecule has 186 valence electrons. The van der Waals surface area contributed by atoms with Gasteiger partial charge in [0.05, 0.1) is 23.6 Å². The van der Waals surface area contributed by atoms with E-state index in [4.69, 9.17) is 25.8 Å². The Hall–Kier alpha value is -3.49. The van der Waals surface area contributed by atoms with Gasteiger partial charge in [0.25, 0.3) is 11.1 Å². The molecule has 9 heteroatoms. The fourth-order valence-electron chi connectivity index (χ4n) is 3.50. The predicted molar refractivity (Wildman–Crippen MR) is 138 cm³/mol. The Morgan fingerprint density at radius 1 is 1.03 bits per heavy atom. The number of benzene rings is 3. The van der Waals surface area contributed by atoms with Gasteiger partial charge in [-0.15, -0.1) is 0 Å². The molecule has 1 saturated heterocycles. The summed E-state index contributed by atoms with van der Waals surface area (Å²) in [5, 5.41) is -0.150. The van der Waals surface area contributed by atoms with Crippen molar-refractivity contribution in [1.29, 1.82) is 0 Å². The lowest BCUT2D eigenvalue weighted by atomic mass is 10.1. The van der Waals surface area contributed by atoms with Crippen LogP contribution in [0.2, 0.25) is 5.02 Å². The molecule has 0 aliphatic carbocycles. The lowest BCUT2D eigenvalue weighted by molar-refractivity contribution is -0.123. The molecule has 0 bridgehead atoms. The second-order valence-electron chi connectivity index (χ2n) is 7.86. The Labute approximate surface area is 217 Å². The molecular weight excluding hydrogens is 505 g/mol. The van der Waals surface area contributed by atoms with Gasteiger partial charge in [0.15, 0.2) is 11.5 Å². The van der Waals surface area contributed by atoms with Gasteiger partial charge in [-0.1, -0.05) is 47.5 Å². The van der Waals surface area contributed by atoms with Crippen LogP contribution in [0.4, 0.5) is 9.18 Å². The Morgan fingerprint density at radius 2 is 1.78 bits per heavy atom. The van der Waals surface area contributed by atoms with E-state index in [1.54, 1.807) is 30.3 Å². The first-order valence-electron chi connectivity index (χ1n) is 11.0. The SMILES string of the molecule is COc1cccc(/C=C2\SC(=O)N(CCOc3ccc(C)cc3)C2=O)c1OCc1c(F)cccc1Cl. The summed E-state index contributed by atoms with van der Waals surface area (Å²) < 4.78 is 31.2. The first-order valence-corrected chi connectivity index (χ1v) is 12.2. The maximum absolute atomic E-state index is 14.2. The Bertz CT molecular complexity index is 1290. The summed E-state index contributed by atoms with van der Waals surface area (Å²) in [5.41, 5.74) is 1.81. The van der Waals surface area contributed by atoms with Crippen LogP contribution >= 0.6 is 23.4 Å². The van der Waals surface area contributed by atoms with Crippen molar-refractivity contribution in [3.05, 3.63) is 93.1 Å². The highest BCUT2D eigenvalue weighted by Gasteiger charge is 2.35. The molecule has 0 unspecified atom stereocenters. The van der Waals surface area contributed by atoms with E-state index < -0.39 is 11.7 Å². The number of amides is 2. The third-order valence-electron chi connectivity index (χ3n) is 5.42. The van der Waals surface area contributed by atoms with Gasteiger partial charge < -0.3 is 14.2 Å². The second-order valence-corrected chi connectivity index (χ2v) is 9.26. The summed E-state index contributed by atoms with van der Waals surface area (Å²) in [5.74, 6) is 0.434. The van der Waals surface area contributed by atoms with Crippen molar-refractivity contribution in [2.24, 2.45) is 0 Å². The zero-order valence-corrected chi connectivity index (χ0v) is 21.2. The van der Waals surface area contributed by atoms with Crippen LogP contribution in [0, 0.1) is 12.7 Å². The molecule has 3 aromatic rings. The maximum Gasteiger partial charge on any atom is 0.293 e. The number of ether oxygens (including phenoxy) is 3. The van der Waals surface area contributed by atoms with E-state index in [1.165, 1.54) is 19.2 Å². The van der Waals surface area contributed by atoms with E-state index in [-0.39, 0.29) is 40.5 Å². The average Bonchev–Trinajstić information content (AvgIpc) is 3.12. The lowest BCUT2D eigenvalue weighted by Gasteiger charge is -2.15. The van der Waals surface area contributed by atoms with Gasteiger partial charge >= 0.3 is 0 Å². The third kappa shape index (κ3) is 5.83. The molecule has 36 heavy (non-hydrogen) atoms. The molecule has 0 aromatic heterocycles. The number of para-hydroxylation sites is 1. The predicted octanol–water partition coefficient (Wildman–Crippen LogP) is 6.49. The third-order valence-corrected chi connectivity index (χ3v) is 6.68. The summed E-state index contributed by atoms with van der Waals surface area (Å²) in [6, 6.07) is 17.0.